The van der Waals surface area contributed by atoms with Gasteiger partial charge in [-0.15, -0.1) is 0 Å². The smallest absolute Gasteiger partial charge is 0.274 e. The molecule has 1 aliphatic heterocycles. The van der Waals surface area contributed by atoms with E-state index < -0.39 is 23.3 Å². The quantitative estimate of drug-likeness (QED) is 0.853. The van der Waals surface area contributed by atoms with Crippen molar-refractivity contribution in [1.29, 1.82) is 0 Å². The van der Waals surface area contributed by atoms with Crippen LogP contribution >= 0.6 is 0 Å². The molecule has 6 nitrogen and oxygen atoms in total. The molecule has 1 fully saturated rings. The Morgan fingerprint density at radius 2 is 2.19 bits per heavy atom. The average molecular weight is 364 g/mol. The van der Waals surface area contributed by atoms with Crippen LogP contribution in [-0.4, -0.2) is 29.7 Å². The van der Waals surface area contributed by atoms with Gasteiger partial charge < -0.3 is 19.9 Å². The van der Waals surface area contributed by atoms with E-state index in [9.17, 15) is 18.7 Å². The summed E-state index contributed by atoms with van der Waals surface area (Å²) >= 11 is 0. The second kappa shape index (κ2) is 7.65. The number of benzene rings is 1. The second-order valence-electron chi connectivity index (χ2n) is 5.88. The monoisotopic (exact) mass is 364 g/mol. The maximum atomic E-state index is 13.2. The zero-order chi connectivity index (χ0) is 18.7. The molecule has 138 valence electrons. The normalized spacial score (nSPS) is 16.5. The number of methoxy groups -OCH3 is 1. The van der Waals surface area contributed by atoms with Crippen molar-refractivity contribution < 1.29 is 28.2 Å². The lowest BCUT2D eigenvalue weighted by Gasteiger charge is -2.14. The fourth-order valence-corrected chi connectivity index (χ4v) is 2.74. The highest BCUT2D eigenvalue weighted by molar-refractivity contribution is 5.95. The predicted molar refractivity (Wildman–Crippen MR) is 87.9 cm³/mol. The Morgan fingerprint density at radius 3 is 2.85 bits per heavy atom. The molecule has 1 aromatic carbocycles. The maximum Gasteiger partial charge on any atom is 0.274 e. The summed E-state index contributed by atoms with van der Waals surface area (Å²) in [7, 11) is 1.37. The van der Waals surface area contributed by atoms with Crippen molar-refractivity contribution in [2.75, 3.05) is 13.7 Å². The SMILES string of the molecule is COc1cc(C2CCCO2)nc(C(=O)NCc2ccc(F)c(F)c2)c1O. The van der Waals surface area contributed by atoms with Crippen LogP contribution in [0.1, 0.15) is 40.7 Å². The molecule has 0 bridgehead atoms. The van der Waals surface area contributed by atoms with Gasteiger partial charge >= 0.3 is 0 Å². The summed E-state index contributed by atoms with van der Waals surface area (Å²) in [6, 6.07) is 4.87. The highest BCUT2D eigenvalue weighted by Crippen LogP contribution is 2.35. The minimum Gasteiger partial charge on any atom is -0.503 e. The highest BCUT2D eigenvalue weighted by atomic mass is 19.2. The van der Waals surface area contributed by atoms with Crippen molar-refractivity contribution in [3.05, 3.63) is 52.9 Å². The number of carbonyl (C=O) groups is 1. The first-order valence-electron chi connectivity index (χ1n) is 8.11. The molecule has 1 amide bonds. The molecule has 0 radical (unpaired) electrons. The fraction of sp³-hybridized carbons (Fsp3) is 0.333. The molecule has 1 saturated heterocycles. The molecule has 2 heterocycles. The lowest BCUT2D eigenvalue weighted by molar-refractivity contribution is 0.0935. The fourth-order valence-electron chi connectivity index (χ4n) is 2.74. The zero-order valence-electron chi connectivity index (χ0n) is 14.1. The molecule has 0 saturated carbocycles. The third-order valence-electron chi connectivity index (χ3n) is 4.11. The molecular weight excluding hydrogens is 346 g/mol. The number of hydrogen-bond acceptors (Lipinski definition) is 5. The van der Waals surface area contributed by atoms with Crippen LogP contribution < -0.4 is 10.1 Å². The van der Waals surface area contributed by atoms with Crippen molar-refractivity contribution in [3.63, 3.8) is 0 Å². The summed E-state index contributed by atoms with van der Waals surface area (Å²) in [5.41, 5.74) is 0.659. The molecule has 8 heteroatoms. The van der Waals surface area contributed by atoms with E-state index in [1.807, 2.05) is 0 Å². The summed E-state index contributed by atoms with van der Waals surface area (Å²) in [6.07, 6.45) is 1.38. The van der Waals surface area contributed by atoms with E-state index in [4.69, 9.17) is 9.47 Å². The largest absolute Gasteiger partial charge is 0.503 e. The van der Waals surface area contributed by atoms with Crippen molar-refractivity contribution in [1.82, 2.24) is 10.3 Å². The summed E-state index contributed by atoms with van der Waals surface area (Å²) in [6.45, 7) is 0.552. The van der Waals surface area contributed by atoms with E-state index >= 15 is 0 Å². The van der Waals surface area contributed by atoms with E-state index in [-0.39, 0.29) is 24.1 Å². The zero-order valence-corrected chi connectivity index (χ0v) is 14.1. The Balaban J connectivity index is 1.80. The third-order valence-corrected chi connectivity index (χ3v) is 4.11. The molecule has 2 N–H and O–H groups in total. The number of carbonyl (C=O) groups excluding carboxylic acids is 1. The van der Waals surface area contributed by atoms with Gasteiger partial charge in [-0.2, -0.15) is 0 Å². The van der Waals surface area contributed by atoms with E-state index in [0.717, 1.165) is 25.0 Å². The van der Waals surface area contributed by atoms with Crippen LogP contribution in [0.5, 0.6) is 11.5 Å². The number of nitrogens with one attached hydrogen (secondary N) is 1. The van der Waals surface area contributed by atoms with Crippen molar-refractivity contribution in [2.45, 2.75) is 25.5 Å². The Morgan fingerprint density at radius 1 is 1.38 bits per heavy atom. The standard InChI is InChI=1S/C18H18F2N2O4/c1-25-15-8-13(14-3-2-6-26-14)22-16(17(15)23)18(24)21-9-10-4-5-11(19)12(20)7-10/h4-5,7-8,14,23H,2-3,6,9H2,1H3,(H,21,24). The van der Waals surface area contributed by atoms with E-state index in [0.29, 0.717) is 17.9 Å². The minimum absolute atomic E-state index is 0.0520. The van der Waals surface area contributed by atoms with Gasteiger partial charge in [0.25, 0.3) is 5.91 Å². The van der Waals surface area contributed by atoms with E-state index in [1.54, 1.807) is 0 Å². The molecule has 1 aliphatic rings. The van der Waals surface area contributed by atoms with Crippen molar-refractivity contribution >= 4 is 5.91 Å². The summed E-state index contributed by atoms with van der Waals surface area (Å²) in [5.74, 6) is -2.90. The van der Waals surface area contributed by atoms with Crippen molar-refractivity contribution in [2.24, 2.45) is 0 Å². The Kier molecular flexibility index (Phi) is 5.32. The van der Waals surface area contributed by atoms with Crippen LogP contribution in [-0.2, 0) is 11.3 Å². The number of ether oxygens (including phenoxy) is 2. The van der Waals surface area contributed by atoms with Crippen LogP contribution in [0, 0.1) is 11.6 Å². The van der Waals surface area contributed by atoms with Gasteiger partial charge in [-0.25, -0.2) is 13.8 Å². The lowest BCUT2D eigenvalue weighted by Crippen LogP contribution is -2.24. The number of hydrogen-bond donors (Lipinski definition) is 2. The lowest BCUT2D eigenvalue weighted by atomic mass is 10.1. The van der Waals surface area contributed by atoms with Gasteiger partial charge in [-0.3, -0.25) is 4.79 Å². The number of rotatable bonds is 5. The summed E-state index contributed by atoms with van der Waals surface area (Å²) in [5, 5.41) is 12.7. The van der Waals surface area contributed by atoms with Crippen LogP contribution in [0.25, 0.3) is 0 Å². The van der Waals surface area contributed by atoms with Gasteiger partial charge in [0.05, 0.1) is 18.9 Å². The Hall–Kier alpha value is -2.74. The number of amides is 1. The maximum absolute atomic E-state index is 13.2. The molecule has 2 aromatic rings. The molecule has 1 unspecified atom stereocenters. The van der Waals surface area contributed by atoms with Crippen LogP contribution in [0.2, 0.25) is 0 Å². The first-order chi connectivity index (χ1) is 12.5. The predicted octanol–water partition coefficient (Wildman–Crippen LogP) is 2.86. The molecule has 0 aliphatic carbocycles. The van der Waals surface area contributed by atoms with Gasteiger partial charge in [0, 0.05) is 19.2 Å². The summed E-state index contributed by atoms with van der Waals surface area (Å²) < 4.78 is 36.9. The number of halogens is 2. The van der Waals surface area contributed by atoms with E-state index in [1.165, 1.54) is 19.2 Å². The Labute approximate surface area is 148 Å². The molecule has 26 heavy (non-hydrogen) atoms. The topological polar surface area (TPSA) is 80.7 Å². The minimum atomic E-state index is -1.00. The van der Waals surface area contributed by atoms with E-state index in [2.05, 4.69) is 10.3 Å². The van der Waals surface area contributed by atoms with Crippen LogP contribution in [0.15, 0.2) is 24.3 Å². The van der Waals surface area contributed by atoms with Gasteiger partial charge in [0.2, 0.25) is 0 Å². The third kappa shape index (κ3) is 3.75. The van der Waals surface area contributed by atoms with Gasteiger partial charge in [-0.1, -0.05) is 6.07 Å². The molecule has 1 atom stereocenters. The molecule has 3 rings (SSSR count). The van der Waals surface area contributed by atoms with Gasteiger partial charge in [0.1, 0.15) is 0 Å². The number of aromatic nitrogens is 1. The first kappa shape index (κ1) is 18.1. The molecule has 0 spiro atoms. The molecular formula is C18H18F2N2O4. The number of nitrogens with zero attached hydrogens (tertiary/aromatic N) is 1. The Bertz CT molecular complexity index is 823. The highest BCUT2D eigenvalue weighted by Gasteiger charge is 2.25. The summed E-state index contributed by atoms with van der Waals surface area (Å²) in [4.78, 5) is 16.6. The van der Waals surface area contributed by atoms with Gasteiger partial charge in [-0.05, 0) is 30.5 Å². The second-order valence-corrected chi connectivity index (χ2v) is 5.88. The van der Waals surface area contributed by atoms with Gasteiger partial charge in [0.15, 0.2) is 28.8 Å². The van der Waals surface area contributed by atoms with Crippen LogP contribution in [0.4, 0.5) is 8.78 Å². The average Bonchev–Trinajstić information content (AvgIpc) is 3.17. The van der Waals surface area contributed by atoms with Crippen molar-refractivity contribution in [3.8, 4) is 11.5 Å². The van der Waals surface area contributed by atoms with Crippen LogP contribution in [0.3, 0.4) is 0 Å². The first-order valence-corrected chi connectivity index (χ1v) is 8.11. The number of pyridine rings is 1. The molecule has 1 aromatic heterocycles. The number of aromatic hydroxyl groups is 1.